The molecule has 1 atom stereocenters. The number of amides is 1. The number of rotatable bonds is 4. The van der Waals surface area contributed by atoms with Crippen LogP contribution in [-0.2, 0) is 9.59 Å². The van der Waals surface area contributed by atoms with E-state index in [1.807, 2.05) is 6.92 Å². The van der Waals surface area contributed by atoms with E-state index in [4.69, 9.17) is 0 Å². The Morgan fingerprint density at radius 1 is 1.35 bits per heavy atom. The van der Waals surface area contributed by atoms with Crippen LogP contribution >= 0.6 is 0 Å². The highest BCUT2D eigenvalue weighted by Gasteiger charge is 2.48. The summed E-state index contributed by atoms with van der Waals surface area (Å²) in [4.78, 5) is 25.3. The summed E-state index contributed by atoms with van der Waals surface area (Å²) in [5.74, 6) is -0.276. The molecule has 96 valence electrons. The van der Waals surface area contributed by atoms with E-state index in [2.05, 4.69) is 0 Å². The minimum absolute atomic E-state index is 0.0523. The van der Waals surface area contributed by atoms with Crippen molar-refractivity contribution in [2.45, 2.75) is 57.4 Å². The Kier molecular flexibility index (Phi) is 3.40. The normalized spacial score (nSPS) is 29.1. The van der Waals surface area contributed by atoms with Crippen LogP contribution < -0.4 is 0 Å². The lowest BCUT2D eigenvalue weighted by Crippen LogP contribution is -2.53. The van der Waals surface area contributed by atoms with E-state index >= 15 is 0 Å². The topological polar surface area (TPSA) is 57.6 Å². The van der Waals surface area contributed by atoms with Crippen LogP contribution in [0.3, 0.4) is 0 Å². The minimum atomic E-state index is -0.916. The lowest BCUT2D eigenvalue weighted by atomic mass is 9.82. The third kappa shape index (κ3) is 2.05. The molecule has 1 aliphatic heterocycles. The van der Waals surface area contributed by atoms with Crippen LogP contribution in [0.5, 0.6) is 0 Å². The molecule has 0 bridgehead atoms. The Morgan fingerprint density at radius 3 is 2.53 bits per heavy atom. The molecule has 2 fully saturated rings. The summed E-state index contributed by atoms with van der Waals surface area (Å²) < 4.78 is 0. The smallest absolute Gasteiger partial charge is 0.329 e. The lowest BCUT2D eigenvalue weighted by molar-refractivity contribution is -0.157. The molecule has 2 rings (SSSR count). The largest absolute Gasteiger partial charge is 0.479 e. The van der Waals surface area contributed by atoms with E-state index in [0.717, 1.165) is 19.3 Å². The number of hydrogen-bond acceptors (Lipinski definition) is 2. The minimum Gasteiger partial charge on any atom is -0.479 e. The summed E-state index contributed by atoms with van der Waals surface area (Å²) in [5, 5.41) is 9.39. The van der Waals surface area contributed by atoms with E-state index in [-0.39, 0.29) is 5.91 Å². The van der Waals surface area contributed by atoms with Crippen molar-refractivity contribution in [1.82, 2.24) is 4.90 Å². The summed E-state index contributed by atoms with van der Waals surface area (Å²) >= 11 is 0. The molecule has 4 nitrogen and oxygen atoms in total. The van der Waals surface area contributed by atoms with Gasteiger partial charge in [-0.05, 0) is 38.0 Å². The first-order valence-corrected chi connectivity index (χ1v) is 6.64. The molecule has 1 amide bonds. The Hall–Kier alpha value is -1.06. The van der Waals surface area contributed by atoms with Gasteiger partial charge in [-0.15, -0.1) is 0 Å². The number of carbonyl (C=O) groups is 2. The Labute approximate surface area is 102 Å². The second-order valence-corrected chi connectivity index (χ2v) is 5.34. The average Bonchev–Trinajstić information content (AvgIpc) is 2.68. The predicted octanol–water partition coefficient (Wildman–Crippen LogP) is 2.03. The predicted molar refractivity (Wildman–Crippen MR) is 63.6 cm³/mol. The number of carboxylic acids is 1. The van der Waals surface area contributed by atoms with Gasteiger partial charge in [-0.25, -0.2) is 4.79 Å². The molecule has 1 saturated heterocycles. The van der Waals surface area contributed by atoms with E-state index in [1.165, 1.54) is 6.42 Å². The van der Waals surface area contributed by atoms with Gasteiger partial charge in [0, 0.05) is 13.0 Å². The first-order valence-electron chi connectivity index (χ1n) is 6.64. The van der Waals surface area contributed by atoms with E-state index in [1.54, 1.807) is 4.90 Å². The van der Waals surface area contributed by atoms with Crippen molar-refractivity contribution in [2.24, 2.45) is 5.92 Å². The highest BCUT2D eigenvalue weighted by Crippen LogP contribution is 2.36. The number of aliphatic carboxylic acids is 1. The highest BCUT2D eigenvalue weighted by molar-refractivity contribution is 5.87. The van der Waals surface area contributed by atoms with Gasteiger partial charge >= 0.3 is 5.97 Å². The van der Waals surface area contributed by atoms with Crippen LogP contribution in [0, 0.1) is 5.92 Å². The average molecular weight is 239 g/mol. The first kappa shape index (κ1) is 12.4. The number of likely N-dealkylation sites (tertiary alicyclic amines) is 1. The van der Waals surface area contributed by atoms with E-state index in [0.29, 0.717) is 31.7 Å². The fourth-order valence-electron chi connectivity index (χ4n) is 3.04. The van der Waals surface area contributed by atoms with Crippen LogP contribution in [0.4, 0.5) is 0 Å². The zero-order chi connectivity index (χ0) is 12.5. The maximum atomic E-state index is 12.2. The Bertz CT molecular complexity index is 325. The van der Waals surface area contributed by atoms with Crippen molar-refractivity contribution in [3.63, 3.8) is 0 Å². The zero-order valence-corrected chi connectivity index (χ0v) is 10.4. The van der Waals surface area contributed by atoms with Gasteiger partial charge in [-0.2, -0.15) is 0 Å². The van der Waals surface area contributed by atoms with Crippen LogP contribution in [-0.4, -0.2) is 34.0 Å². The van der Waals surface area contributed by atoms with Gasteiger partial charge in [0.05, 0.1) is 0 Å². The molecule has 0 aromatic heterocycles. The third-order valence-corrected chi connectivity index (χ3v) is 4.46. The summed E-state index contributed by atoms with van der Waals surface area (Å²) in [5.41, 5.74) is -0.916. The van der Waals surface area contributed by atoms with Crippen LogP contribution in [0.15, 0.2) is 0 Å². The van der Waals surface area contributed by atoms with Crippen molar-refractivity contribution >= 4 is 11.9 Å². The molecule has 2 aliphatic rings. The van der Waals surface area contributed by atoms with Gasteiger partial charge in [0.25, 0.3) is 0 Å². The van der Waals surface area contributed by atoms with E-state index in [9.17, 15) is 14.7 Å². The maximum absolute atomic E-state index is 12.2. The van der Waals surface area contributed by atoms with Gasteiger partial charge in [-0.3, -0.25) is 4.79 Å². The molecular weight excluding hydrogens is 218 g/mol. The van der Waals surface area contributed by atoms with Crippen molar-refractivity contribution in [3.05, 3.63) is 0 Å². The Morgan fingerprint density at radius 2 is 2.06 bits per heavy atom. The van der Waals surface area contributed by atoms with E-state index < -0.39 is 11.5 Å². The van der Waals surface area contributed by atoms with Crippen molar-refractivity contribution in [3.8, 4) is 0 Å². The molecular formula is C13H21NO3. The molecule has 17 heavy (non-hydrogen) atoms. The molecule has 0 radical (unpaired) electrons. The molecule has 1 aliphatic carbocycles. The van der Waals surface area contributed by atoms with Gasteiger partial charge in [-0.1, -0.05) is 13.3 Å². The molecule has 4 heteroatoms. The van der Waals surface area contributed by atoms with Crippen molar-refractivity contribution < 1.29 is 14.7 Å². The van der Waals surface area contributed by atoms with Crippen LogP contribution in [0.25, 0.3) is 0 Å². The SMILES string of the molecule is CCC1(C(=O)O)CCCN1C(=O)CC1CCC1. The fraction of sp³-hybridized carbons (Fsp3) is 0.846. The summed E-state index contributed by atoms with van der Waals surface area (Å²) in [7, 11) is 0. The quantitative estimate of drug-likeness (QED) is 0.816. The maximum Gasteiger partial charge on any atom is 0.329 e. The number of hydrogen-bond donors (Lipinski definition) is 1. The van der Waals surface area contributed by atoms with Gasteiger partial charge < -0.3 is 10.0 Å². The summed E-state index contributed by atoms with van der Waals surface area (Å²) in [6, 6.07) is 0. The first-order chi connectivity index (χ1) is 8.10. The molecule has 0 aromatic carbocycles. The molecule has 1 saturated carbocycles. The monoisotopic (exact) mass is 239 g/mol. The number of carboxylic acid groups (broad SMARTS) is 1. The summed E-state index contributed by atoms with van der Waals surface area (Å²) in [6.07, 6.45) is 5.97. The summed E-state index contributed by atoms with van der Waals surface area (Å²) in [6.45, 7) is 2.48. The van der Waals surface area contributed by atoms with Gasteiger partial charge in [0.2, 0.25) is 5.91 Å². The molecule has 0 spiro atoms. The molecule has 0 aromatic rings. The fourth-order valence-corrected chi connectivity index (χ4v) is 3.04. The second kappa shape index (κ2) is 4.67. The van der Waals surface area contributed by atoms with Crippen LogP contribution in [0.2, 0.25) is 0 Å². The number of nitrogens with zero attached hydrogens (tertiary/aromatic N) is 1. The van der Waals surface area contributed by atoms with Gasteiger partial charge in [0.1, 0.15) is 5.54 Å². The number of carbonyl (C=O) groups excluding carboxylic acids is 1. The van der Waals surface area contributed by atoms with Crippen molar-refractivity contribution in [1.29, 1.82) is 0 Å². The third-order valence-electron chi connectivity index (χ3n) is 4.46. The Balaban J connectivity index is 2.06. The second-order valence-electron chi connectivity index (χ2n) is 5.34. The molecule has 1 unspecified atom stereocenters. The van der Waals surface area contributed by atoms with Crippen molar-refractivity contribution in [2.75, 3.05) is 6.54 Å². The highest BCUT2D eigenvalue weighted by atomic mass is 16.4. The molecule has 1 heterocycles. The molecule has 1 N–H and O–H groups in total. The van der Waals surface area contributed by atoms with Gasteiger partial charge in [0.15, 0.2) is 0 Å². The lowest BCUT2D eigenvalue weighted by Gasteiger charge is -2.36. The van der Waals surface area contributed by atoms with Crippen LogP contribution in [0.1, 0.15) is 51.9 Å². The standard InChI is InChI=1S/C13H21NO3/c1-2-13(12(16)17)7-4-8-14(13)11(15)9-10-5-3-6-10/h10H,2-9H2,1H3,(H,16,17). The zero-order valence-electron chi connectivity index (χ0n) is 10.4.